The lowest BCUT2D eigenvalue weighted by molar-refractivity contribution is 0.107. The molecule has 0 radical (unpaired) electrons. The molecule has 0 fully saturated rings. The largest absolute Gasteiger partial charge is 0.274 e. The van der Waals surface area contributed by atoms with Crippen LogP contribution in [-0.2, 0) is 5.67 Å². The van der Waals surface area contributed by atoms with Crippen LogP contribution in [0.25, 0.3) is 0 Å². The van der Waals surface area contributed by atoms with Crippen LogP contribution in [0.5, 0.6) is 0 Å². The van der Waals surface area contributed by atoms with Crippen LogP contribution in [0, 0.1) is 0 Å². The molecule has 0 unspecified atom stereocenters. The number of hydrogen-bond acceptors (Lipinski definition) is 2. The molecule has 0 aliphatic rings. The van der Waals surface area contributed by atoms with Crippen LogP contribution in [0.1, 0.15) is 30.0 Å². The molecule has 1 aromatic rings. The Morgan fingerprint density at radius 2 is 2.15 bits per heavy atom. The minimum Gasteiger partial charge on any atom is -0.274 e. The van der Waals surface area contributed by atoms with Crippen molar-refractivity contribution in [3.63, 3.8) is 0 Å². The van der Waals surface area contributed by atoms with Gasteiger partial charge in [0, 0.05) is 0 Å². The van der Waals surface area contributed by atoms with Crippen molar-refractivity contribution < 1.29 is 9.18 Å². The lowest BCUT2D eigenvalue weighted by Crippen LogP contribution is -2.13. The maximum absolute atomic E-state index is 13.3. The first-order valence-corrected chi connectivity index (χ1v) is 4.15. The van der Waals surface area contributed by atoms with Crippen molar-refractivity contribution in [2.45, 2.75) is 19.5 Å². The smallest absolute Gasteiger partial charge is 0.270 e. The number of carbonyl (C=O) groups excluding carboxylic acids is 1. The second-order valence-electron chi connectivity index (χ2n) is 3.15. The molecule has 0 aliphatic heterocycles. The maximum Gasteiger partial charge on any atom is 0.270 e. The molecule has 1 aromatic heterocycles. The van der Waals surface area contributed by atoms with Gasteiger partial charge in [-0.15, -0.1) is 0 Å². The van der Waals surface area contributed by atoms with Crippen molar-refractivity contribution in [1.82, 2.24) is 4.98 Å². The van der Waals surface area contributed by atoms with E-state index in [0.717, 1.165) is 0 Å². The van der Waals surface area contributed by atoms with Crippen LogP contribution >= 0.6 is 11.6 Å². The SMILES string of the molecule is CC(C)(F)c1cccc(C(=O)Cl)n1. The average Bonchev–Trinajstić information content (AvgIpc) is 2.03. The van der Waals surface area contributed by atoms with Gasteiger partial charge in [0.15, 0.2) is 0 Å². The summed E-state index contributed by atoms with van der Waals surface area (Å²) in [6, 6.07) is 4.52. The van der Waals surface area contributed by atoms with E-state index in [1.54, 1.807) is 6.07 Å². The summed E-state index contributed by atoms with van der Waals surface area (Å²) in [6.45, 7) is 2.75. The Balaban J connectivity index is 3.13. The number of nitrogens with zero attached hydrogens (tertiary/aromatic N) is 1. The fourth-order valence-corrected chi connectivity index (χ4v) is 0.981. The molecule has 13 heavy (non-hydrogen) atoms. The highest BCUT2D eigenvalue weighted by atomic mass is 35.5. The molecule has 1 heterocycles. The number of aromatic nitrogens is 1. The molecule has 0 saturated carbocycles. The van der Waals surface area contributed by atoms with Gasteiger partial charge in [0.05, 0.1) is 5.69 Å². The van der Waals surface area contributed by atoms with E-state index < -0.39 is 10.9 Å². The third kappa shape index (κ3) is 2.49. The Hall–Kier alpha value is -0.960. The third-order valence-corrected chi connectivity index (χ3v) is 1.75. The van der Waals surface area contributed by atoms with Gasteiger partial charge in [0.25, 0.3) is 5.24 Å². The van der Waals surface area contributed by atoms with Gasteiger partial charge in [0.1, 0.15) is 11.4 Å². The van der Waals surface area contributed by atoms with E-state index >= 15 is 0 Å². The fraction of sp³-hybridized carbons (Fsp3) is 0.333. The Morgan fingerprint density at radius 3 is 2.62 bits per heavy atom. The first-order chi connectivity index (χ1) is 5.91. The molecule has 70 valence electrons. The van der Waals surface area contributed by atoms with Crippen molar-refractivity contribution in [3.8, 4) is 0 Å². The van der Waals surface area contributed by atoms with Crippen LogP contribution < -0.4 is 0 Å². The van der Waals surface area contributed by atoms with Crippen molar-refractivity contribution in [2.24, 2.45) is 0 Å². The lowest BCUT2D eigenvalue weighted by atomic mass is 10.1. The van der Waals surface area contributed by atoms with Crippen LogP contribution in [-0.4, -0.2) is 10.2 Å². The summed E-state index contributed by atoms with van der Waals surface area (Å²) in [5, 5.41) is -0.675. The quantitative estimate of drug-likeness (QED) is 0.689. The molecule has 0 saturated heterocycles. The topological polar surface area (TPSA) is 30.0 Å². The van der Waals surface area contributed by atoms with E-state index in [4.69, 9.17) is 11.6 Å². The van der Waals surface area contributed by atoms with Gasteiger partial charge in [0.2, 0.25) is 0 Å². The van der Waals surface area contributed by atoms with Crippen molar-refractivity contribution in [2.75, 3.05) is 0 Å². The zero-order valence-electron chi connectivity index (χ0n) is 7.34. The summed E-state index contributed by atoms with van der Waals surface area (Å²) in [4.78, 5) is 14.5. The summed E-state index contributed by atoms with van der Waals surface area (Å²) in [6.07, 6.45) is 0. The van der Waals surface area contributed by atoms with Gasteiger partial charge in [-0.2, -0.15) is 0 Å². The van der Waals surface area contributed by atoms with Crippen LogP contribution in [0.4, 0.5) is 4.39 Å². The predicted molar refractivity (Wildman–Crippen MR) is 48.6 cm³/mol. The Kier molecular flexibility index (Phi) is 2.66. The van der Waals surface area contributed by atoms with Gasteiger partial charge in [-0.05, 0) is 37.6 Å². The molecule has 0 spiro atoms. The minimum absolute atomic E-state index is 0.0740. The van der Waals surface area contributed by atoms with E-state index in [9.17, 15) is 9.18 Å². The summed E-state index contributed by atoms with van der Waals surface area (Å²) < 4.78 is 13.3. The van der Waals surface area contributed by atoms with Crippen LogP contribution in [0.15, 0.2) is 18.2 Å². The van der Waals surface area contributed by atoms with Crippen molar-refractivity contribution in [1.29, 1.82) is 0 Å². The van der Waals surface area contributed by atoms with E-state index in [2.05, 4.69) is 4.98 Å². The first-order valence-electron chi connectivity index (χ1n) is 3.77. The maximum atomic E-state index is 13.3. The number of hydrogen-bond donors (Lipinski definition) is 0. The second-order valence-corrected chi connectivity index (χ2v) is 3.50. The third-order valence-electron chi connectivity index (χ3n) is 1.56. The Bertz CT molecular complexity index is 333. The number of pyridine rings is 1. The number of rotatable bonds is 2. The summed E-state index contributed by atoms with van der Waals surface area (Å²) in [5.41, 5.74) is -1.27. The number of carbonyl (C=O) groups is 1. The van der Waals surface area contributed by atoms with Gasteiger partial charge in [-0.3, -0.25) is 4.79 Å². The summed E-state index contributed by atoms with van der Waals surface area (Å²) in [7, 11) is 0. The molecule has 1 rings (SSSR count). The standard InChI is InChI=1S/C9H9ClFNO/c1-9(2,11)7-5-3-4-6(12-7)8(10)13/h3-5H,1-2H3. The molecule has 0 atom stereocenters. The van der Waals surface area contributed by atoms with Crippen molar-refractivity contribution in [3.05, 3.63) is 29.6 Å². The molecule has 0 bridgehead atoms. The molecular weight excluding hydrogens is 193 g/mol. The van der Waals surface area contributed by atoms with E-state index in [0.29, 0.717) is 0 Å². The Labute approximate surface area is 80.7 Å². The zero-order chi connectivity index (χ0) is 10.1. The van der Waals surface area contributed by atoms with Crippen LogP contribution in [0.2, 0.25) is 0 Å². The predicted octanol–water partition coefficient (Wildman–Crippen LogP) is 2.67. The molecule has 2 nitrogen and oxygen atoms in total. The van der Waals surface area contributed by atoms with Gasteiger partial charge in [-0.25, -0.2) is 9.37 Å². The van der Waals surface area contributed by atoms with Gasteiger partial charge < -0.3 is 0 Å². The Morgan fingerprint density at radius 1 is 1.54 bits per heavy atom. The van der Waals surface area contributed by atoms with Gasteiger partial charge >= 0.3 is 0 Å². The zero-order valence-corrected chi connectivity index (χ0v) is 8.10. The molecule has 4 heteroatoms. The van der Waals surface area contributed by atoms with E-state index in [1.165, 1.54) is 26.0 Å². The van der Waals surface area contributed by atoms with E-state index in [-0.39, 0.29) is 11.4 Å². The summed E-state index contributed by atoms with van der Waals surface area (Å²) >= 11 is 5.20. The molecule has 0 aliphatic carbocycles. The van der Waals surface area contributed by atoms with Crippen molar-refractivity contribution >= 4 is 16.8 Å². The molecular formula is C9H9ClFNO. The molecule has 0 amide bonds. The second kappa shape index (κ2) is 3.42. The first kappa shape index (κ1) is 10.1. The molecule has 0 aromatic carbocycles. The monoisotopic (exact) mass is 201 g/mol. The highest BCUT2D eigenvalue weighted by Crippen LogP contribution is 2.22. The number of halogens is 2. The minimum atomic E-state index is -1.55. The highest BCUT2D eigenvalue weighted by Gasteiger charge is 2.21. The molecule has 0 N–H and O–H groups in total. The fourth-order valence-electron chi connectivity index (χ4n) is 0.875. The normalized spacial score (nSPS) is 11.4. The van der Waals surface area contributed by atoms with Gasteiger partial charge in [-0.1, -0.05) is 6.07 Å². The average molecular weight is 202 g/mol. The lowest BCUT2D eigenvalue weighted by Gasteiger charge is -2.13. The number of alkyl halides is 1. The van der Waals surface area contributed by atoms with Crippen LogP contribution in [0.3, 0.4) is 0 Å². The highest BCUT2D eigenvalue weighted by molar-refractivity contribution is 6.67. The summed E-state index contributed by atoms with van der Waals surface area (Å²) in [5.74, 6) is 0. The van der Waals surface area contributed by atoms with E-state index in [1.807, 2.05) is 0 Å².